The first-order valence-electron chi connectivity index (χ1n) is 6.06. The van der Waals surface area contributed by atoms with Crippen molar-refractivity contribution >= 4 is 28.6 Å². The van der Waals surface area contributed by atoms with E-state index in [1.807, 2.05) is 12.3 Å². The van der Waals surface area contributed by atoms with Crippen molar-refractivity contribution in [2.24, 2.45) is 0 Å². The van der Waals surface area contributed by atoms with Gasteiger partial charge in [0.2, 0.25) is 0 Å². The van der Waals surface area contributed by atoms with Crippen LogP contribution in [0, 0.1) is 0 Å². The van der Waals surface area contributed by atoms with Gasteiger partial charge in [-0.15, -0.1) is 22.7 Å². The van der Waals surface area contributed by atoms with Gasteiger partial charge in [-0.3, -0.25) is 0 Å². The molecule has 2 heterocycles. The van der Waals surface area contributed by atoms with E-state index >= 15 is 0 Å². The van der Waals surface area contributed by atoms with Gasteiger partial charge in [-0.05, 0) is 18.9 Å². The number of ether oxygens (including phenoxy) is 1. The zero-order chi connectivity index (χ0) is 13.8. The fourth-order valence-corrected chi connectivity index (χ4v) is 3.19. The van der Waals surface area contributed by atoms with E-state index in [0.717, 1.165) is 28.4 Å². The van der Waals surface area contributed by atoms with Gasteiger partial charge in [0.15, 0.2) is 4.88 Å². The molecule has 0 aromatic carbocycles. The summed E-state index contributed by atoms with van der Waals surface area (Å²) >= 11 is 2.87. The van der Waals surface area contributed by atoms with Gasteiger partial charge in [0, 0.05) is 10.3 Å². The van der Waals surface area contributed by atoms with Gasteiger partial charge in [-0.2, -0.15) is 0 Å². The summed E-state index contributed by atoms with van der Waals surface area (Å²) in [5.41, 5.74) is 0.849. The Hall–Kier alpha value is -1.40. The number of rotatable bonds is 6. The summed E-state index contributed by atoms with van der Waals surface area (Å²) in [6.45, 7) is 4.37. The van der Waals surface area contributed by atoms with Crippen LogP contribution < -0.4 is 4.74 Å². The smallest absolute Gasteiger partial charge is 0.349 e. The monoisotopic (exact) mass is 297 g/mol. The average molecular weight is 297 g/mol. The van der Waals surface area contributed by atoms with Crippen molar-refractivity contribution in [1.29, 1.82) is 0 Å². The van der Waals surface area contributed by atoms with Crippen molar-refractivity contribution in [1.82, 2.24) is 4.98 Å². The molecule has 0 spiro atoms. The molecule has 0 aliphatic rings. The second kappa shape index (κ2) is 6.16. The Morgan fingerprint density at radius 3 is 2.79 bits per heavy atom. The number of nitrogens with zero attached hydrogens (tertiary/aromatic N) is 1. The largest absolute Gasteiger partial charge is 0.485 e. The molecule has 102 valence electrons. The maximum atomic E-state index is 11.1. The summed E-state index contributed by atoms with van der Waals surface area (Å²) in [6, 6.07) is 1.81. The van der Waals surface area contributed by atoms with Crippen LogP contribution in [0.25, 0.3) is 0 Å². The van der Waals surface area contributed by atoms with Crippen LogP contribution in [0.2, 0.25) is 0 Å². The van der Waals surface area contributed by atoms with Crippen molar-refractivity contribution in [3.8, 4) is 5.75 Å². The van der Waals surface area contributed by atoms with Crippen molar-refractivity contribution < 1.29 is 14.6 Å². The first kappa shape index (κ1) is 14.0. The second-order valence-electron chi connectivity index (χ2n) is 3.94. The third kappa shape index (κ3) is 3.33. The molecule has 0 unspecified atom stereocenters. The lowest BCUT2D eigenvalue weighted by Gasteiger charge is -2.02. The number of carboxylic acids is 1. The highest BCUT2D eigenvalue weighted by Gasteiger charge is 2.16. The number of hydrogen-bond acceptors (Lipinski definition) is 5. The van der Waals surface area contributed by atoms with Gasteiger partial charge in [-0.25, -0.2) is 9.78 Å². The van der Waals surface area contributed by atoms with Gasteiger partial charge in [0.05, 0.1) is 10.7 Å². The number of thiophene rings is 1. The van der Waals surface area contributed by atoms with Crippen LogP contribution in [0.5, 0.6) is 5.75 Å². The average Bonchev–Trinajstić information content (AvgIpc) is 3.02. The van der Waals surface area contributed by atoms with Gasteiger partial charge in [-0.1, -0.05) is 13.8 Å². The topological polar surface area (TPSA) is 59.4 Å². The van der Waals surface area contributed by atoms with E-state index in [9.17, 15) is 4.79 Å². The SMILES string of the molecule is CCc1cc(OCc2csc(CC)n2)c(C(=O)O)s1. The van der Waals surface area contributed by atoms with Crippen molar-refractivity contribution in [2.45, 2.75) is 33.3 Å². The minimum Gasteiger partial charge on any atom is -0.485 e. The number of aromatic nitrogens is 1. The lowest BCUT2D eigenvalue weighted by molar-refractivity contribution is 0.0697. The molecule has 0 amide bonds. The number of carbonyl (C=O) groups is 1. The Labute approximate surface area is 119 Å². The molecule has 6 heteroatoms. The number of hydrogen-bond donors (Lipinski definition) is 1. The quantitative estimate of drug-likeness (QED) is 0.885. The Morgan fingerprint density at radius 1 is 1.42 bits per heavy atom. The molecule has 0 fully saturated rings. The summed E-state index contributed by atoms with van der Waals surface area (Å²) in [5.74, 6) is -0.493. The molecule has 0 aliphatic carbocycles. The first-order valence-corrected chi connectivity index (χ1v) is 7.75. The predicted molar refractivity (Wildman–Crippen MR) is 76.5 cm³/mol. The molecular weight excluding hydrogens is 282 g/mol. The van der Waals surface area contributed by atoms with Crippen molar-refractivity contribution in [3.63, 3.8) is 0 Å². The minimum atomic E-state index is -0.938. The van der Waals surface area contributed by atoms with Gasteiger partial charge in [0.1, 0.15) is 12.4 Å². The Morgan fingerprint density at radius 2 is 2.21 bits per heavy atom. The van der Waals surface area contributed by atoms with E-state index in [1.54, 1.807) is 17.4 Å². The van der Waals surface area contributed by atoms with Gasteiger partial charge < -0.3 is 9.84 Å². The van der Waals surface area contributed by atoms with Crippen LogP contribution in [0.4, 0.5) is 0 Å². The van der Waals surface area contributed by atoms with E-state index in [-0.39, 0.29) is 4.88 Å². The molecule has 0 atom stereocenters. The highest BCUT2D eigenvalue weighted by Crippen LogP contribution is 2.30. The molecule has 2 aromatic rings. The number of carboxylic acid groups (broad SMARTS) is 1. The third-order valence-corrected chi connectivity index (χ3v) is 4.86. The molecule has 19 heavy (non-hydrogen) atoms. The summed E-state index contributed by atoms with van der Waals surface area (Å²) in [5, 5.41) is 12.1. The number of aryl methyl sites for hydroxylation is 2. The maximum absolute atomic E-state index is 11.1. The molecular formula is C13H15NO3S2. The summed E-state index contributed by atoms with van der Waals surface area (Å²) in [7, 11) is 0. The van der Waals surface area contributed by atoms with E-state index in [0.29, 0.717) is 12.4 Å². The second-order valence-corrected chi connectivity index (χ2v) is 6.02. The highest BCUT2D eigenvalue weighted by molar-refractivity contribution is 7.14. The Bertz CT molecular complexity index is 574. The summed E-state index contributed by atoms with van der Waals surface area (Å²) in [6.07, 6.45) is 1.72. The lowest BCUT2D eigenvalue weighted by Crippen LogP contribution is -2.00. The fraction of sp³-hybridized carbons (Fsp3) is 0.385. The number of aromatic carboxylic acids is 1. The highest BCUT2D eigenvalue weighted by atomic mass is 32.1. The molecule has 0 aliphatic heterocycles. The molecule has 4 nitrogen and oxygen atoms in total. The Balaban J connectivity index is 2.09. The van der Waals surface area contributed by atoms with E-state index in [2.05, 4.69) is 11.9 Å². The fourth-order valence-electron chi connectivity index (χ4n) is 1.58. The van der Waals surface area contributed by atoms with Crippen LogP contribution in [0.1, 0.15) is 39.1 Å². The molecule has 0 radical (unpaired) electrons. The van der Waals surface area contributed by atoms with E-state index < -0.39 is 5.97 Å². The van der Waals surface area contributed by atoms with Crippen LogP contribution in [-0.2, 0) is 19.4 Å². The first-order chi connectivity index (χ1) is 9.13. The zero-order valence-corrected chi connectivity index (χ0v) is 12.4. The van der Waals surface area contributed by atoms with Crippen molar-refractivity contribution in [3.05, 3.63) is 31.9 Å². The Kier molecular flexibility index (Phi) is 4.55. The molecule has 2 rings (SSSR count). The van der Waals surface area contributed by atoms with E-state index in [4.69, 9.17) is 9.84 Å². The molecule has 2 aromatic heterocycles. The van der Waals surface area contributed by atoms with Crippen LogP contribution in [-0.4, -0.2) is 16.1 Å². The van der Waals surface area contributed by atoms with Crippen LogP contribution >= 0.6 is 22.7 Å². The van der Waals surface area contributed by atoms with Gasteiger partial charge in [0.25, 0.3) is 0 Å². The summed E-state index contributed by atoms with van der Waals surface area (Å²) in [4.78, 5) is 16.8. The van der Waals surface area contributed by atoms with Crippen molar-refractivity contribution in [2.75, 3.05) is 0 Å². The maximum Gasteiger partial charge on any atom is 0.349 e. The molecule has 0 bridgehead atoms. The summed E-state index contributed by atoms with van der Waals surface area (Å²) < 4.78 is 5.60. The number of thiazole rings is 1. The van der Waals surface area contributed by atoms with Crippen LogP contribution in [0.3, 0.4) is 0 Å². The minimum absolute atomic E-state index is 0.266. The van der Waals surface area contributed by atoms with Gasteiger partial charge >= 0.3 is 5.97 Å². The predicted octanol–water partition coefficient (Wildman–Crippen LogP) is 3.61. The van der Waals surface area contributed by atoms with E-state index in [1.165, 1.54) is 11.3 Å². The normalized spacial score (nSPS) is 10.6. The molecule has 0 saturated carbocycles. The zero-order valence-electron chi connectivity index (χ0n) is 10.8. The molecule has 1 N–H and O–H groups in total. The van der Waals surface area contributed by atoms with Crippen LogP contribution in [0.15, 0.2) is 11.4 Å². The standard InChI is InChI=1S/C13H15NO3S2/c1-3-9-5-10(12(19-9)13(15)16)17-6-8-7-18-11(4-2)14-8/h5,7H,3-4,6H2,1-2H3,(H,15,16). The lowest BCUT2D eigenvalue weighted by atomic mass is 10.3. The third-order valence-electron chi connectivity index (χ3n) is 2.57. The molecule has 0 saturated heterocycles.